The molecule has 1 amide bonds. The van der Waals surface area contributed by atoms with Crippen LogP contribution < -0.4 is 10.2 Å². The van der Waals surface area contributed by atoms with Crippen molar-refractivity contribution in [3.63, 3.8) is 0 Å². The molecule has 0 aliphatic carbocycles. The molecule has 0 radical (unpaired) electrons. The smallest absolute Gasteiger partial charge is 0.211 e. The van der Waals surface area contributed by atoms with E-state index in [9.17, 15) is 4.79 Å². The van der Waals surface area contributed by atoms with Crippen LogP contribution in [0.4, 0.5) is 11.5 Å². The van der Waals surface area contributed by atoms with E-state index in [0.29, 0.717) is 12.2 Å². The standard InChI is InChI=1S/C18H19N5O/c1-22-10-7-15-16(22)18(23-8-2-3-9-23)21-17(20-15)13-5-4-6-14(11-13)19-12-24/h4-7,10-12H,2-3,8-9H2,1H3,(H,19,24). The Morgan fingerprint density at radius 1 is 1.17 bits per heavy atom. The summed E-state index contributed by atoms with van der Waals surface area (Å²) < 4.78 is 2.08. The van der Waals surface area contributed by atoms with Crippen molar-refractivity contribution in [1.29, 1.82) is 0 Å². The molecule has 3 heterocycles. The van der Waals surface area contributed by atoms with E-state index in [1.807, 2.05) is 43.6 Å². The highest BCUT2D eigenvalue weighted by Gasteiger charge is 2.20. The van der Waals surface area contributed by atoms with E-state index in [0.717, 1.165) is 41.2 Å². The van der Waals surface area contributed by atoms with Crippen LogP contribution in [0.1, 0.15) is 12.8 Å². The summed E-state index contributed by atoms with van der Waals surface area (Å²) in [5.41, 5.74) is 3.65. The molecule has 0 bridgehead atoms. The minimum absolute atomic E-state index is 0.677. The van der Waals surface area contributed by atoms with E-state index in [1.54, 1.807) is 0 Å². The van der Waals surface area contributed by atoms with Crippen molar-refractivity contribution >= 4 is 28.9 Å². The summed E-state index contributed by atoms with van der Waals surface area (Å²) in [5, 5.41) is 2.68. The Labute approximate surface area is 140 Å². The molecule has 0 atom stereocenters. The highest BCUT2D eigenvalue weighted by atomic mass is 16.1. The summed E-state index contributed by atoms with van der Waals surface area (Å²) in [6.07, 6.45) is 5.09. The molecule has 0 saturated carbocycles. The maximum atomic E-state index is 10.7. The second-order valence-corrected chi connectivity index (χ2v) is 6.07. The Balaban J connectivity index is 1.87. The second kappa shape index (κ2) is 5.96. The van der Waals surface area contributed by atoms with Gasteiger partial charge in [0.15, 0.2) is 11.6 Å². The van der Waals surface area contributed by atoms with Crippen LogP contribution >= 0.6 is 0 Å². The van der Waals surface area contributed by atoms with Crippen LogP contribution in [0.15, 0.2) is 36.5 Å². The lowest BCUT2D eigenvalue weighted by molar-refractivity contribution is -0.105. The van der Waals surface area contributed by atoms with Gasteiger partial charge in [0.1, 0.15) is 5.52 Å². The van der Waals surface area contributed by atoms with Crippen molar-refractivity contribution < 1.29 is 4.79 Å². The molecule has 1 aromatic carbocycles. The first-order valence-corrected chi connectivity index (χ1v) is 8.15. The van der Waals surface area contributed by atoms with Crippen molar-refractivity contribution in [3.8, 4) is 11.4 Å². The average molecular weight is 321 g/mol. The lowest BCUT2D eigenvalue weighted by atomic mass is 10.2. The van der Waals surface area contributed by atoms with E-state index in [2.05, 4.69) is 14.8 Å². The number of hydrogen-bond donors (Lipinski definition) is 1. The second-order valence-electron chi connectivity index (χ2n) is 6.07. The quantitative estimate of drug-likeness (QED) is 0.751. The number of rotatable bonds is 4. The summed E-state index contributed by atoms with van der Waals surface area (Å²) in [6.45, 7) is 2.06. The molecule has 0 spiro atoms. The normalized spacial score (nSPS) is 14.3. The monoisotopic (exact) mass is 321 g/mol. The number of fused-ring (bicyclic) bond motifs is 1. The van der Waals surface area contributed by atoms with Crippen LogP contribution in [0, 0.1) is 0 Å². The van der Waals surface area contributed by atoms with Crippen LogP contribution in [-0.2, 0) is 11.8 Å². The van der Waals surface area contributed by atoms with Gasteiger partial charge in [0, 0.05) is 37.6 Å². The van der Waals surface area contributed by atoms with Crippen molar-refractivity contribution in [3.05, 3.63) is 36.5 Å². The highest BCUT2D eigenvalue weighted by molar-refractivity contribution is 5.89. The topological polar surface area (TPSA) is 63.1 Å². The molecule has 6 nitrogen and oxygen atoms in total. The van der Waals surface area contributed by atoms with Crippen molar-refractivity contribution in [2.24, 2.45) is 7.05 Å². The van der Waals surface area contributed by atoms with Gasteiger partial charge < -0.3 is 14.8 Å². The molecule has 3 aromatic rings. The van der Waals surface area contributed by atoms with Gasteiger partial charge in [-0.1, -0.05) is 12.1 Å². The Bertz CT molecular complexity index is 896. The molecular formula is C18H19N5O. The maximum Gasteiger partial charge on any atom is 0.211 e. The van der Waals surface area contributed by atoms with Gasteiger partial charge in [-0.3, -0.25) is 4.79 Å². The van der Waals surface area contributed by atoms with Crippen LogP contribution in [0.2, 0.25) is 0 Å². The zero-order valence-corrected chi connectivity index (χ0v) is 13.6. The molecule has 2 aromatic heterocycles. The number of aryl methyl sites for hydroxylation is 1. The molecule has 6 heteroatoms. The van der Waals surface area contributed by atoms with Crippen LogP contribution in [0.3, 0.4) is 0 Å². The number of benzene rings is 1. The number of amides is 1. The predicted molar refractivity (Wildman–Crippen MR) is 95.1 cm³/mol. The Morgan fingerprint density at radius 3 is 2.79 bits per heavy atom. The summed E-state index contributed by atoms with van der Waals surface area (Å²) in [6, 6.07) is 9.63. The third-order valence-corrected chi connectivity index (χ3v) is 4.45. The zero-order valence-electron chi connectivity index (χ0n) is 13.6. The molecule has 4 rings (SSSR count). The lowest BCUT2D eigenvalue weighted by Gasteiger charge is -2.19. The first-order valence-electron chi connectivity index (χ1n) is 8.15. The Hall–Kier alpha value is -2.89. The van der Waals surface area contributed by atoms with Gasteiger partial charge in [-0.25, -0.2) is 9.97 Å². The predicted octanol–water partition coefficient (Wildman–Crippen LogP) is 2.80. The van der Waals surface area contributed by atoms with Crippen molar-refractivity contribution in [2.45, 2.75) is 12.8 Å². The fraction of sp³-hybridized carbons (Fsp3) is 0.278. The van der Waals surface area contributed by atoms with E-state index in [4.69, 9.17) is 9.97 Å². The number of nitrogens with zero attached hydrogens (tertiary/aromatic N) is 4. The van der Waals surface area contributed by atoms with Gasteiger partial charge in [0.25, 0.3) is 0 Å². The molecule has 1 aliphatic rings. The van der Waals surface area contributed by atoms with E-state index < -0.39 is 0 Å². The summed E-state index contributed by atoms with van der Waals surface area (Å²) in [4.78, 5) is 22.6. The summed E-state index contributed by atoms with van der Waals surface area (Å²) >= 11 is 0. The van der Waals surface area contributed by atoms with Crippen LogP contribution in [-0.4, -0.2) is 34.0 Å². The van der Waals surface area contributed by atoms with E-state index in [-0.39, 0.29) is 0 Å². The highest BCUT2D eigenvalue weighted by Crippen LogP contribution is 2.30. The first-order chi connectivity index (χ1) is 11.8. The molecule has 122 valence electrons. The van der Waals surface area contributed by atoms with Crippen molar-refractivity contribution in [1.82, 2.24) is 14.5 Å². The number of anilines is 2. The fourth-order valence-corrected chi connectivity index (χ4v) is 3.27. The van der Waals surface area contributed by atoms with Gasteiger partial charge in [-0.2, -0.15) is 0 Å². The number of carbonyl (C=O) groups is 1. The molecular weight excluding hydrogens is 302 g/mol. The number of nitrogens with one attached hydrogen (secondary N) is 1. The van der Waals surface area contributed by atoms with E-state index >= 15 is 0 Å². The Kier molecular flexibility index (Phi) is 3.65. The first kappa shape index (κ1) is 14.7. The van der Waals surface area contributed by atoms with E-state index in [1.165, 1.54) is 12.8 Å². The largest absolute Gasteiger partial charge is 0.355 e. The third-order valence-electron chi connectivity index (χ3n) is 4.45. The fourth-order valence-electron chi connectivity index (χ4n) is 3.27. The van der Waals surface area contributed by atoms with Gasteiger partial charge in [0.2, 0.25) is 6.41 Å². The number of hydrogen-bond acceptors (Lipinski definition) is 4. The van der Waals surface area contributed by atoms with Gasteiger partial charge >= 0.3 is 0 Å². The van der Waals surface area contributed by atoms with Crippen LogP contribution in [0.5, 0.6) is 0 Å². The minimum Gasteiger partial charge on any atom is -0.355 e. The van der Waals surface area contributed by atoms with Gasteiger partial charge in [-0.15, -0.1) is 0 Å². The maximum absolute atomic E-state index is 10.7. The molecule has 1 saturated heterocycles. The minimum atomic E-state index is 0.677. The van der Waals surface area contributed by atoms with Crippen LogP contribution in [0.25, 0.3) is 22.4 Å². The molecule has 1 aliphatic heterocycles. The Morgan fingerprint density at radius 2 is 2.00 bits per heavy atom. The van der Waals surface area contributed by atoms with Gasteiger partial charge in [0.05, 0.1) is 5.52 Å². The zero-order chi connectivity index (χ0) is 16.5. The van der Waals surface area contributed by atoms with Crippen molar-refractivity contribution in [2.75, 3.05) is 23.3 Å². The molecule has 24 heavy (non-hydrogen) atoms. The third kappa shape index (κ3) is 2.50. The number of aromatic nitrogens is 3. The number of carbonyl (C=O) groups excluding carboxylic acids is 1. The van der Waals surface area contributed by atoms with Gasteiger partial charge in [-0.05, 0) is 31.0 Å². The SMILES string of the molecule is Cn1ccc2nc(-c3cccc(NC=O)c3)nc(N3CCCC3)c21. The molecule has 1 fully saturated rings. The summed E-state index contributed by atoms with van der Waals surface area (Å²) in [5.74, 6) is 1.68. The lowest BCUT2D eigenvalue weighted by Crippen LogP contribution is -2.20. The average Bonchev–Trinajstić information content (AvgIpc) is 3.25. The molecule has 0 unspecified atom stereocenters. The summed E-state index contributed by atoms with van der Waals surface area (Å²) in [7, 11) is 2.03. The molecule has 1 N–H and O–H groups in total.